The van der Waals surface area contributed by atoms with Crippen molar-refractivity contribution in [2.45, 2.75) is 105 Å². The SMILES string of the molecule is C=CC(O)[C@@H](C)[C@@H]1O[C@](O)([C@@H](C)[C@@H](OCc2ccc(OC)cc2)[C@@H](C)C(=O)[C@H](C)c2oc(CC)c(C)c(=O)c2C)[C@@H](C)C(=O)[C@H]1C. The van der Waals surface area contributed by atoms with E-state index in [9.17, 15) is 24.6 Å². The van der Waals surface area contributed by atoms with Crippen molar-refractivity contribution in [3.8, 4) is 5.75 Å². The Morgan fingerprint density at radius 2 is 1.70 bits per heavy atom. The Kier molecular flexibility index (Phi) is 12.3. The summed E-state index contributed by atoms with van der Waals surface area (Å²) in [4.78, 5) is 40.8. The summed E-state index contributed by atoms with van der Waals surface area (Å²) in [6.07, 6.45) is -0.812. The van der Waals surface area contributed by atoms with Crippen molar-refractivity contribution in [1.82, 2.24) is 0 Å². The molecule has 0 spiro atoms. The van der Waals surface area contributed by atoms with Crippen LogP contribution in [0.5, 0.6) is 5.75 Å². The second kappa shape index (κ2) is 15.2. The number of carbonyl (C=O) groups is 2. The molecule has 0 saturated carbocycles. The normalized spacial score (nSPS) is 25.7. The lowest BCUT2D eigenvalue weighted by Gasteiger charge is -2.50. The van der Waals surface area contributed by atoms with Crippen molar-refractivity contribution in [3.05, 3.63) is 75.4 Å². The fourth-order valence-electron chi connectivity index (χ4n) is 6.77. The summed E-state index contributed by atoms with van der Waals surface area (Å²) >= 11 is 0. The van der Waals surface area contributed by atoms with E-state index in [4.69, 9.17) is 18.6 Å². The molecule has 3 rings (SSSR count). The molecule has 9 heteroatoms. The number of aryl methyl sites for hydroxylation is 1. The minimum atomic E-state index is -2.02. The number of Topliss-reactive ketones (excluding diaryl/α,β-unsaturated/α-hetero) is 2. The molecule has 1 aliphatic rings. The van der Waals surface area contributed by atoms with Gasteiger partial charge in [0, 0.05) is 41.2 Å². The van der Waals surface area contributed by atoms with Gasteiger partial charge in [0.15, 0.2) is 11.2 Å². The molecule has 1 aliphatic heterocycles. The fourth-order valence-corrected chi connectivity index (χ4v) is 6.77. The van der Waals surface area contributed by atoms with E-state index in [2.05, 4.69) is 6.58 Å². The molecule has 2 aromatic rings. The van der Waals surface area contributed by atoms with E-state index in [0.717, 1.165) is 5.56 Å². The molecule has 254 valence electrons. The van der Waals surface area contributed by atoms with Crippen LogP contribution in [0.25, 0.3) is 0 Å². The number of carbonyl (C=O) groups excluding carboxylic acids is 2. The van der Waals surface area contributed by atoms with Crippen LogP contribution in [-0.4, -0.2) is 53.0 Å². The summed E-state index contributed by atoms with van der Waals surface area (Å²) in [7, 11) is 1.58. The first-order chi connectivity index (χ1) is 21.5. The number of ether oxygens (including phenoxy) is 3. The number of aliphatic hydroxyl groups excluding tert-OH is 1. The van der Waals surface area contributed by atoms with Gasteiger partial charge in [-0.25, -0.2) is 0 Å². The zero-order chi connectivity index (χ0) is 34.7. The molecule has 9 nitrogen and oxygen atoms in total. The zero-order valence-corrected chi connectivity index (χ0v) is 29.0. The molecule has 46 heavy (non-hydrogen) atoms. The molecule has 1 aromatic carbocycles. The van der Waals surface area contributed by atoms with Gasteiger partial charge in [-0.1, -0.05) is 59.8 Å². The highest BCUT2D eigenvalue weighted by Gasteiger charge is 2.57. The van der Waals surface area contributed by atoms with Gasteiger partial charge in [-0.2, -0.15) is 0 Å². The van der Waals surface area contributed by atoms with E-state index in [1.165, 1.54) is 6.08 Å². The highest BCUT2D eigenvalue weighted by atomic mass is 16.6. The van der Waals surface area contributed by atoms with Crippen LogP contribution in [0.15, 0.2) is 46.1 Å². The van der Waals surface area contributed by atoms with Crippen LogP contribution in [-0.2, 0) is 32.1 Å². The summed E-state index contributed by atoms with van der Waals surface area (Å²) in [5.74, 6) is -5.52. The maximum atomic E-state index is 14.2. The van der Waals surface area contributed by atoms with Gasteiger partial charge in [0.25, 0.3) is 0 Å². The van der Waals surface area contributed by atoms with Crippen molar-refractivity contribution in [1.29, 1.82) is 0 Å². The summed E-state index contributed by atoms with van der Waals surface area (Å²) in [5.41, 5.74) is 1.57. The van der Waals surface area contributed by atoms with Gasteiger partial charge in [0.2, 0.25) is 0 Å². The van der Waals surface area contributed by atoms with E-state index >= 15 is 0 Å². The lowest BCUT2D eigenvalue weighted by Crippen LogP contribution is -2.63. The molecular weight excluding hydrogens is 588 g/mol. The van der Waals surface area contributed by atoms with Crippen LogP contribution in [0.4, 0.5) is 0 Å². The summed E-state index contributed by atoms with van der Waals surface area (Å²) < 4.78 is 24.3. The van der Waals surface area contributed by atoms with Gasteiger partial charge in [-0.05, 0) is 38.5 Å². The highest BCUT2D eigenvalue weighted by molar-refractivity contribution is 5.88. The number of hydrogen-bond donors (Lipinski definition) is 2. The average molecular weight is 641 g/mol. The quantitative estimate of drug-likeness (QED) is 0.258. The van der Waals surface area contributed by atoms with Crippen LogP contribution < -0.4 is 10.2 Å². The molecule has 2 heterocycles. The van der Waals surface area contributed by atoms with Crippen LogP contribution in [0.1, 0.15) is 82.6 Å². The molecule has 0 bridgehead atoms. The first-order valence-corrected chi connectivity index (χ1v) is 16.2. The number of aliphatic hydroxyl groups is 2. The van der Waals surface area contributed by atoms with E-state index in [-0.39, 0.29) is 23.6 Å². The van der Waals surface area contributed by atoms with Crippen molar-refractivity contribution in [2.75, 3.05) is 7.11 Å². The largest absolute Gasteiger partial charge is 0.497 e. The molecule has 0 aliphatic carbocycles. The topological polar surface area (TPSA) is 132 Å². The molecule has 1 fully saturated rings. The molecule has 1 unspecified atom stereocenters. The Labute approximate surface area is 273 Å². The van der Waals surface area contributed by atoms with E-state index in [0.29, 0.717) is 34.8 Å². The number of benzene rings is 1. The first kappa shape index (κ1) is 37.3. The predicted octanol–water partition coefficient (Wildman–Crippen LogP) is 5.47. The van der Waals surface area contributed by atoms with Gasteiger partial charge in [0.05, 0.1) is 43.9 Å². The van der Waals surface area contributed by atoms with Crippen molar-refractivity contribution in [3.63, 3.8) is 0 Å². The smallest absolute Gasteiger partial charge is 0.191 e. The van der Waals surface area contributed by atoms with Crippen LogP contribution in [0.3, 0.4) is 0 Å². The van der Waals surface area contributed by atoms with Crippen molar-refractivity contribution in [2.24, 2.45) is 29.6 Å². The lowest BCUT2D eigenvalue weighted by molar-refractivity contribution is -0.323. The monoisotopic (exact) mass is 640 g/mol. The Balaban J connectivity index is 2.05. The summed E-state index contributed by atoms with van der Waals surface area (Å²) in [5, 5.41) is 22.8. The number of ketones is 2. The lowest BCUT2D eigenvalue weighted by atomic mass is 9.71. The van der Waals surface area contributed by atoms with Gasteiger partial charge >= 0.3 is 0 Å². The molecule has 1 saturated heterocycles. The Hall–Kier alpha value is -3.11. The van der Waals surface area contributed by atoms with E-state index in [1.54, 1.807) is 74.6 Å². The predicted molar refractivity (Wildman–Crippen MR) is 176 cm³/mol. The first-order valence-electron chi connectivity index (χ1n) is 16.2. The third-order valence-corrected chi connectivity index (χ3v) is 10.1. The Morgan fingerprint density at radius 3 is 2.24 bits per heavy atom. The van der Waals surface area contributed by atoms with Crippen molar-refractivity contribution >= 4 is 11.6 Å². The summed E-state index contributed by atoms with van der Waals surface area (Å²) in [6, 6.07) is 7.30. The third kappa shape index (κ3) is 7.23. The molecule has 1 aromatic heterocycles. The van der Waals surface area contributed by atoms with Gasteiger partial charge in [-0.3, -0.25) is 14.4 Å². The molecule has 0 amide bonds. The second-order valence-electron chi connectivity index (χ2n) is 13.0. The number of methoxy groups -OCH3 is 1. The minimum Gasteiger partial charge on any atom is -0.497 e. The third-order valence-electron chi connectivity index (χ3n) is 10.1. The average Bonchev–Trinajstić information content (AvgIpc) is 3.06. The maximum absolute atomic E-state index is 14.2. The minimum absolute atomic E-state index is 0.105. The molecule has 0 radical (unpaired) electrons. The molecule has 2 N–H and O–H groups in total. The molecular formula is C37H52O9. The van der Waals surface area contributed by atoms with Crippen LogP contribution >= 0.6 is 0 Å². The van der Waals surface area contributed by atoms with Gasteiger partial charge in [-0.15, -0.1) is 6.58 Å². The maximum Gasteiger partial charge on any atom is 0.191 e. The number of hydrogen-bond acceptors (Lipinski definition) is 9. The van der Waals surface area contributed by atoms with Crippen molar-refractivity contribution < 1.29 is 38.4 Å². The van der Waals surface area contributed by atoms with Gasteiger partial charge < -0.3 is 28.8 Å². The standard InChI is InChI=1S/C37H52O9/c1-12-29(38)19(3)35-24(8)33(41)25(9)37(42,46-35)26(10)36(44-18-27-14-16-28(43-11)17-15-27)23(7)32(40)22(6)34-21(5)31(39)20(4)30(13-2)45-34/h12,14-17,19,22-26,29,35-36,38,42H,1,13,18H2,2-11H3/t19-,22+,23+,24-,25+,26+,29?,35+,36+,37+/m1/s1. The highest BCUT2D eigenvalue weighted by Crippen LogP contribution is 2.44. The summed E-state index contributed by atoms with van der Waals surface area (Å²) in [6.45, 7) is 19.3. The molecule has 10 atom stereocenters. The zero-order valence-electron chi connectivity index (χ0n) is 29.0. The van der Waals surface area contributed by atoms with E-state index < -0.39 is 59.6 Å². The van der Waals surface area contributed by atoms with E-state index in [1.807, 2.05) is 19.1 Å². The Morgan fingerprint density at radius 1 is 1.09 bits per heavy atom. The number of rotatable bonds is 14. The second-order valence-corrected chi connectivity index (χ2v) is 13.0. The van der Waals surface area contributed by atoms with Crippen LogP contribution in [0, 0.1) is 43.4 Å². The fraction of sp³-hybridized carbons (Fsp3) is 0.595. The van der Waals surface area contributed by atoms with Gasteiger partial charge in [0.1, 0.15) is 28.8 Å². The van der Waals surface area contributed by atoms with Crippen LogP contribution in [0.2, 0.25) is 0 Å². The Bertz CT molecular complexity index is 1440.